The second-order valence-corrected chi connectivity index (χ2v) is 8.45. The van der Waals surface area contributed by atoms with Gasteiger partial charge in [-0.1, -0.05) is 84.9 Å². The summed E-state index contributed by atoms with van der Waals surface area (Å²) in [6, 6.07) is 29.4. The first kappa shape index (κ1) is 22.0. The molecule has 0 saturated carbocycles. The minimum absolute atomic E-state index is 0.319. The van der Waals surface area contributed by atoms with Gasteiger partial charge in [-0.3, -0.25) is 0 Å². The highest BCUT2D eigenvalue weighted by molar-refractivity contribution is 6.11. The molecule has 176 valence electrons. The van der Waals surface area contributed by atoms with Crippen LogP contribution in [0.2, 0.25) is 0 Å². The van der Waals surface area contributed by atoms with Gasteiger partial charge in [0, 0.05) is 10.8 Å². The van der Waals surface area contributed by atoms with Crippen molar-refractivity contribution in [1.82, 2.24) is 4.57 Å². The Hall–Kier alpha value is -4.45. The maximum Gasteiger partial charge on any atom is 0.200 e. The summed E-state index contributed by atoms with van der Waals surface area (Å²) >= 11 is 0. The van der Waals surface area contributed by atoms with Crippen LogP contribution >= 0.6 is 0 Å². The van der Waals surface area contributed by atoms with Crippen LogP contribution in [0.5, 0.6) is 0 Å². The van der Waals surface area contributed by atoms with E-state index in [0.29, 0.717) is 21.8 Å². The highest BCUT2D eigenvalue weighted by atomic mass is 19.2. The van der Waals surface area contributed by atoms with E-state index in [1.54, 1.807) is 24.3 Å². The quantitative estimate of drug-likeness (QED) is 0.134. The van der Waals surface area contributed by atoms with Crippen LogP contribution in [0.15, 0.2) is 97.1 Å². The molecule has 1 heterocycles. The van der Waals surface area contributed by atoms with Crippen LogP contribution in [-0.2, 0) is 0 Å². The summed E-state index contributed by atoms with van der Waals surface area (Å²) in [6.45, 7) is 0. The van der Waals surface area contributed by atoms with Crippen LogP contribution in [0.1, 0.15) is 0 Å². The lowest BCUT2D eigenvalue weighted by Crippen LogP contribution is -2.09. The van der Waals surface area contributed by atoms with Crippen molar-refractivity contribution < 1.29 is 22.0 Å². The van der Waals surface area contributed by atoms with Gasteiger partial charge in [0.2, 0.25) is 5.82 Å². The van der Waals surface area contributed by atoms with E-state index in [9.17, 15) is 13.2 Å². The topological polar surface area (TPSA) is 4.93 Å². The summed E-state index contributed by atoms with van der Waals surface area (Å²) in [5, 5.41) is 1.24. The van der Waals surface area contributed by atoms with E-state index in [0.717, 1.165) is 26.8 Å². The lowest BCUT2D eigenvalue weighted by atomic mass is 10.0. The molecule has 0 spiro atoms. The molecule has 6 rings (SSSR count). The maximum atomic E-state index is 15.1. The van der Waals surface area contributed by atoms with Crippen LogP contribution in [0.3, 0.4) is 0 Å². The van der Waals surface area contributed by atoms with Gasteiger partial charge in [-0.25, -0.2) is 22.0 Å². The minimum atomic E-state index is -2.19. The predicted molar refractivity (Wildman–Crippen MR) is 131 cm³/mol. The first-order valence-electron chi connectivity index (χ1n) is 11.2. The average Bonchev–Trinajstić information content (AvgIpc) is 3.24. The molecule has 0 aliphatic carbocycles. The number of hydrogen-bond acceptors (Lipinski definition) is 0. The summed E-state index contributed by atoms with van der Waals surface area (Å²) in [6.07, 6.45) is 0. The minimum Gasteiger partial charge on any atom is -0.304 e. The van der Waals surface area contributed by atoms with Gasteiger partial charge >= 0.3 is 0 Å². The summed E-state index contributed by atoms with van der Waals surface area (Å²) in [5.41, 5.74) is 2.79. The van der Waals surface area contributed by atoms with E-state index < -0.39 is 34.8 Å². The zero-order valence-corrected chi connectivity index (χ0v) is 18.6. The smallest absolute Gasteiger partial charge is 0.200 e. The fourth-order valence-corrected chi connectivity index (χ4v) is 4.67. The second kappa shape index (κ2) is 8.34. The Morgan fingerprint density at radius 3 is 1.19 bits per heavy atom. The van der Waals surface area contributed by atoms with E-state index in [4.69, 9.17) is 0 Å². The van der Waals surface area contributed by atoms with Gasteiger partial charge in [-0.15, -0.1) is 0 Å². The first-order valence-corrected chi connectivity index (χ1v) is 11.2. The Bertz CT molecular complexity index is 1650. The molecule has 1 aromatic heterocycles. The lowest BCUT2D eigenvalue weighted by Gasteiger charge is -2.13. The molecule has 0 radical (unpaired) electrons. The standard InChI is InChI=1S/C30H16F5N/c31-25-26(32)28(34)30(29(35)27(25)33)36-23-15-19(17-7-3-1-4-8-17)11-13-21(23)22-14-12-20(16-24(22)36)18-9-5-2-6-10-18/h1-16H. The summed E-state index contributed by atoms with van der Waals surface area (Å²) in [7, 11) is 0. The largest absolute Gasteiger partial charge is 0.304 e. The molecular formula is C30H16F5N. The number of aromatic nitrogens is 1. The molecule has 0 saturated heterocycles. The van der Waals surface area contributed by atoms with E-state index in [-0.39, 0.29) is 0 Å². The first-order chi connectivity index (χ1) is 17.5. The summed E-state index contributed by atoms with van der Waals surface area (Å²) in [4.78, 5) is 0. The van der Waals surface area contributed by atoms with Crippen LogP contribution in [0, 0.1) is 29.1 Å². The summed E-state index contributed by atoms with van der Waals surface area (Å²) < 4.78 is 73.9. The number of rotatable bonds is 3. The summed E-state index contributed by atoms with van der Waals surface area (Å²) in [5.74, 6) is -9.94. The zero-order valence-electron chi connectivity index (χ0n) is 18.6. The molecule has 0 amide bonds. The van der Waals surface area contributed by atoms with Crippen molar-refractivity contribution in [2.75, 3.05) is 0 Å². The van der Waals surface area contributed by atoms with Gasteiger partial charge in [0.1, 0.15) is 5.69 Å². The Kier molecular flexibility index (Phi) is 5.11. The van der Waals surface area contributed by atoms with Crippen LogP contribution in [0.4, 0.5) is 22.0 Å². The van der Waals surface area contributed by atoms with Gasteiger partial charge in [0.15, 0.2) is 23.3 Å². The van der Waals surface area contributed by atoms with E-state index in [1.165, 1.54) is 0 Å². The fourth-order valence-electron chi connectivity index (χ4n) is 4.67. The van der Waals surface area contributed by atoms with E-state index in [2.05, 4.69) is 0 Å². The van der Waals surface area contributed by atoms with Crippen LogP contribution in [-0.4, -0.2) is 4.57 Å². The third kappa shape index (κ3) is 3.29. The van der Waals surface area contributed by atoms with Crippen molar-refractivity contribution in [3.8, 4) is 27.9 Å². The third-order valence-corrected chi connectivity index (χ3v) is 6.39. The maximum absolute atomic E-state index is 15.1. The molecule has 36 heavy (non-hydrogen) atoms. The lowest BCUT2D eigenvalue weighted by molar-refractivity contribution is 0.376. The van der Waals surface area contributed by atoms with Crippen molar-refractivity contribution in [3.05, 3.63) is 126 Å². The highest BCUT2D eigenvalue weighted by Gasteiger charge is 2.29. The van der Waals surface area contributed by atoms with Gasteiger partial charge < -0.3 is 4.57 Å². The number of hydrogen-bond donors (Lipinski definition) is 0. The molecule has 5 aromatic carbocycles. The number of halogens is 5. The molecule has 6 heteroatoms. The molecule has 0 fully saturated rings. The Balaban J connectivity index is 1.76. The van der Waals surface area contributed by atoms with Gasteiger partial charge in [0.25, 0.3) is 0 Å². The van der Waals surface area contributed by atoms with Crippen LogP contribution < -0.4 is 0 Å². The van der Waals surface area contributed by atoms with Crippen molar-refractivity contribution in [3.63, 3.8) is 0 Å². The normalized spacial score (nSPS) is 11.5. The SMILES string of the molecule is Fc1c(F)c(F)c(-n2c3cc(-c4ccccc4)ccc3c3ccc(-c4ccccc4)cc32)c(F)c1F. The molecule has 0 bridgehead atoms. The molecule has 0 atom stereocenters. The molecule has 0 aliphatic heterocycles. The monoisotopic (exact) mass is 485 g/mol. The zero-order chi connectivity index (χ0) is 25.0. The Labute approximate surface area is 202 Å². The number of fused-ring (bicyclic) bond motifs is 3. The molecule has 0 aliphatic rings. The van der Waals surface area contributed by atoms with E-state index >= 15 is 8.78 Å². The second-order valence-electron chi connectivity index (χ2n) is 8.45. The third-order valence-electron chi connectivity index (χ3n) is 6.39. The predicted octanol–water partition coefficient (Wildman–Crippen LogP) is 8.81. The molecular weight excluding hydrogens is 469 g/mol. The number of nitrogens with zero attached hydrogens (tertiary/aromatic N) is 1. The van der Waals surface area contributed by atoms with Gasteiger partial charge in [-0.2, -0.15) is 0 Å². The van der Waals surface area contributed by atoms with Crippen molar-refractivity contribution >= 4 is 21.8 Å². The molecule has 6 aromatic rings. The van der Waals surface area contributed by atoms with Gasteiger partial charge in [0.05, 0.1) is 11.0 Å². The van der Waals surface area contributed by atoms with Crippen molar-refractivity contribution in [2.24, 2.45) is 0 Å². The van der Waals surface area contributed by atoms with Crippen LogP contribution in [0.25, 0.3) is 49.7 Å². The molecule has 1 nitrogen and oxygen atoms in total. The van der Waals surface area contributed by atoms with Gasteiger partial charge in [-0.05, 0) is 34.4 Å². The van der Waals surface area contributed by atoms with Crippen molar-refractivity contribution in [1.29, 1.82) is 0 Å². The Morgan fingerprint density at radius 2 is 0.778 bits per heavy atom. The number of benzene rings is 5. The van der Waals surface area contributed by atoms with Crippen molar-refractivity contribution in [2.45, 2.75) is 0 Å². The average molecular weight is 485 g/mol. The molecule has 0 N–H and O–H groups in total. The fraction of sp³-hybridized carbons (Fsp3) is 0. The molecule has 0 unspecified atom stereocenters. The highest BCUT2D eigenvalue weighted by Crippen LogP contribution is 2.39. The Morgan fingerprint density at radius 1 is 0.389 bits per heavy atom. The van der Waals surface area contributed by atoms with E-state index in [1.807, 2.05) is 72.8 Å².